The molecule has 0 aliphatic carbocycles. The molecule has 0 amide bonds. The van der Waals surface area contributed by atoms with E-state index in [0.717, 1.165) is 51.4 Å². The number of piperazine rings is 1. The Morgan fingerprint density at radius 2 is 1.95 bits per heavy atom. The van der Waals surface area contributed by atoms with Gasteiger partial charge >= 0.3 is 0 Å². The van der Waals surface area contributed by atoms with Crippen LogP contribution in [0.2, 0.25) is 0 Å². The monoisotopic (exact) mass is 323 g/mol. The van der Waals surface area contributed by atoms with Crippen molar-refractivity contribution in [2.75, 3.05) is 46.3 Å². The van der Waals surface area contributed by atoms with Crippen LogP contribution in [0.3, 0.4) is 0 Å². The van der Waals surface area contributed by atoms with Crippen LogP contribution in [0.5, 0.6) is 0 Å². The fraction of sp³-hybridized carbons (Fsp3) is 0.571. The third kappa shape index (κ3) is 6.86. The molecule has 0 radical (unpaired) electrons. The Morgan fingerprint density at radius 1 is 1.25 bits per heavy atom. The van der Waals surface area contributed by atoms with Gasteiger partial charge in [-0.1, -0.05) is 12.1 Å². The number of hydrogen-bond acceptors (Lipinski definition) is 3. The molecule has 1 aromatic rings. The molecule has 2 rings (SSSR count). The second kappa shape index (κ2) is 10.4. The second-order valence-electron chi connectivity index (χ2n) is 4.96. The molecule has 20 heavy (non-hydrogen) atoms. The maximum absolute atomic E-state index is 13.1. The van der Waals surface area contributed by atoms with Crippen LogP contribution >= 0.6 is 24.8 Å². The van der Waals surface area contributed by atoms with Crippen LogP contribution in [0.25, 0.3) is 0 Å². The standard InChI is InChI=1S/C14H22FN3.2ClH/c1-17(9-10-18-7-5-16-6-8-18)12-13-3-2-4-14(15)11-13;;/h2-4,11,16H,5-10,12H2,1H3;2*1H. The first kappa shape index (κ1) is 19.6. The molecular formula is C14H24Cl2FN3. The van der Waals surface area contributed by atoms with Gasteiger partial charge < -0.3 is 10.2 Å². The van der Waals surface area contributed by atoms with Gasteiger partial charge in [-0.05, 0) is 24.7 Å². The lowest BCUT2D eigenvalue weighted by Crippen LogP contribution is -2.45. The average Bonchev–Trinajstić information content (AvgIpc) is 2.38. The molecule has 1 aromatic carbocycles. The lowest BCUT2D eigenvalue weighted by atomic mass is 10.2. The first-order valence-corrected chi connectivity index (χ1v) is 6.60. The Bertz CT molecular complexity index is 373. The normalized spacial score (nSPS) is 15.6. The molecule has 1 fully saturated rings. The molecule has 0 bridgehead atoms. The van der Waals surface area contributed by atoms with Gasteiger partial charge in [0.05, 0.1) is 0 Å². The van der Waals surface area contributed by atoms with E-state index >= 15 is 0 Å². The largest absolute Gasteiger partial charge is 0.314 e. The Morgan fingerprint density at radius 3 is 2.60 bits per heavy atom. The zero-order chi connectivity index (χ0) is 12.8. The maximum atomic E-state index is 13.1. The van der Waals surface area contributed by atoms with E-state index in [1.165, 1.54) is 6.07 Å². The minimum Gasteiger partial charge on any atom is -0.314 e. The zero-order valence-electron chi connectivity index (χ0n) is 11.8. The summed E-state index contributed by atoms with van der Waals surface area (Å²) in [5, 5.41) is 3.35. The van der Waals surface area contributed by atoms with Crippen molar-refractivity contribution in [2.24, 2.45) is 0 Å². The van der Waals surface area contributed by atoms with Crippen molar-refractivity contribution < 1.29 is 4.39 Å². The predicted octanol–water partition coefficient (Wildman–Crippen LogP) is 2.01. The van der Waals surface area contributed by atoms with Crippen LogP contribution < -0.4 is 5.32 Å². The van der Waals surface area contributed by atoms with Gasteiger partial charge in [-0.3, -0.25) is 4.90 Å². The van der Waals surface area contributed by atoms with Gasteiger partial charge in [-0.15, -0.1) is 24.8 Å². The van der Waals surface area contributed by atoms with Crippen LogP contribution in [-0.4, -0.2) is 56.1 Å². The first-order valence-electron chi connectivity index (χ1n) is 6.60. The summed E-state index contributed by atoms with van der Waals surface area (Å²) in [6.45, 7) is 7.37. The summed E-state index contributed by atoms with van der Waals surface area (Å²) in [6, 6.07) is 6.85. The van der Waals surface area contributed by atoms with Crippen LogP contribution in [0.1, 0.15) is 5.56 Å². The Balaban J connectivity index is 0.00000180. The van der Waals surface area contributed by atoms with Gasteiger partial charge in [0.2, 0.25) is 0 Å². The first-order chi connectivity index (χ1) is 8.74. The molecule has 1 heterocycles. The SMILES string of the molecule is CN(CCN1CCNCC1)Cc1cccc(F)c1.Cl.Cl. The van der Waals surface area contributed by atoms with Crippen LogP contribution in [0, 0.1) is 5.82 Å². The Kier molecular flexibility index (Phi) is 10.2. The highest BCUT2D eigenvalue weighted by molar-refractivity contribution is 5.85. The highest BCUT2D eigenvalue weighted by Gasteiger charge is 2.10. The van der Waals surface area contributed by atoms with Gasteiger partial charge in [0.15, 0.2) is 0 Å². The maximum Gasteiger partial charge on any atom is 0.123 e. The minimum absolute atomic E-state index is 0. The van der Waals surface area contributed by atoms with Gasteiger partial charge in [0, 0.05) is 45.8 Å². The van der Waals surface area contributed by atoms with Crippen molar-refractivity contribution in [1.82, 2.24) is 15.1 Å². The van der Waals surface area contributed by atoms with Crippen molar-refractivity contribution in [1.29, 1.82) is 0 Å². The zero-order valence-corrected chi connectivity index (χ0v) is 13.5. The fourth-order valence-electron chi connectivity index (χ4n) is 2.27. The summed E-state index contributed by atoms with van der Waals surface area (Å²) in [5.41, 5.74) is 1.04. The average molecular weight is 324 g/mol. The Labute approximate surface area is 133 Å². The van der Waals surface area contributed by atoms with E-state index in [4.69, 9.17) is 0 Å². The number of nitrogens with zero attached hydrogens (tertiary/aromatic N) is 2. The van der Waals surface area contributed by atoms with Crippen molar-refractivity contribution in [3.63, 3.8) is 0 Å². The van der Waals surface area contributed by atoms with E-state index in [9.17, 15) is 4.39 Å². The summed E-state index contributed by atoms with van der Waals surface area (Å²) < 4.78 is 13.1. The number of likely N-dealkylation sites (N-methyl/N-ethyl adjacent to an activating group) is 1. The summed E-state index contributed by atoms with van der Waals surface area (Å²) >= 11 is 0. The van der Waals surface area contributed by atoms with Gasteiger partial charge in [0.1, 0.15) is 5.82 Å². The highest BCUT2D eigenvalue weighted by atomic mass is 35.5. The van der Waals surface area contributed by atoms with Crippen molar-refractivity contribution in [3.8, 4) is 0 Å². The van der Waals surface area contributed by atoms with E-state index in [-0.39, 0.29) is 30.6 Å². The molecule has 3 nitrogen and oxygen atoms in total. The molecule has 6 heteroatoms. The molecule has 1 N–H and O–H groups in total. The molecule has 116 valence electrons. The van der Waals surface area contributed by atoms with Crippen molar-refractivity contribution in [3.05, 3.63) is 35.6 Å². The number of halogens is 3. The van der Waals surface area contributed by atoms with E-state index in [1.807, 2.05) is 6.07 Å². The van der Waals surface area contributed by atoms with E-state index in [2.05, 4.69) is 22.2 Å². The quantitative estimate of drug-likeness (QED) is 0.894. The van der Waals surface area contributed by atoms with Gasteiger partial charge in [-0.2, -0.15) is 0 Å². The smallest absolute Gasteiger partial charge is 0.123 e. The van der Waals surface area contributed by atoms with E-state index in [1.54, 1.807) is 12.1 Å². The number of nitrogens with one attached hydrogen (secondary N) is 1. The summed E-state index contributed by atoms with van der Waals surface area (Å²) in [7, 11) is 2.09. The highest BCUT2D eigenvalue weighted by Crippen LogP contribution is 2.06. The summed E-state index contributed by atoms with van der Waals surface area (Å²) in [5.74, 6) is -0.150. The third-order valence-electron chi connectivity index (χ3n) is 3.35. The molecule has 0 aromatic heterocycles. The van der Waals surface area contributed by atoms with Crippen LogP contribution in [0.4, 0.5) is 4.39 Å². The third-order valence-corrected chi connectivity index (χ3v) is 3.35. The predicted molar refractivity (Wildman–Crippen MR) is 86.5 cm³/mol. The Hall–Kier alpha value is -0.390. The van der Waals surface area contributed by atoms with Crippen molar-refractivity contribution in [2.45, 2.75) is 6.54 Å². The molecular weight excluding hydrogens is 300 g/mol. The number of rotatable bonds is 5. The number of hydrogen-bond donors (Lipinski definition) is 1. The molecule has 0 saturated carbocycles. The van der Waals surface area contributed by atoms with Gasteiger partial charge in [0.25, 0.3) is 0 Å². The molecule has 0 spiro atoms. The lowest BCUT2D eigenvalue weighted by molar-refractivity contribution is 0.202. The molecule has 0 unspecified atom stereocenters. The van der Waals surface area contributed by atoms with Crippen LogP contribution in [0.15, 0.2) is 24.3 Å². The molecule has 1 aliphatic heterocycles. The summed E-state index contributed by atoms with van der Waals surface area (Å²) in [4.78, 5) is 4.72. The van der Waals surface area contributed by atoms with E-state index < -0.39 is 0 Å². The molecule has 1 saturated heterocycles. The lowest BCUT2D eigenvalue weighted by Gasteiger charge is -2.29. The summed E-state index contributed by atoms with van der Waals surface area (Å²) in [6.07, 6.45) is 0. The van der Waals surface area contributed by atoms with E-state index in [0.29, 0.717) is 0 Å². The fourth-order valence-corrected chi connectivity index (χ4v) is 2.27. The molecule has 1 aliphatic rings. The van der Waals surface area contributed by atoms with Crippen molar-refractivity contribution >= 4 is 24.8 Å². The van der Waals surface area contributed by atoms with Gasteiger partial charge in [-0.25, -0.2) is 4.39 Å². The topological polar surface area (TPSA) is 18.5 Å². The molecule has 0 atom stereocenters. The minimum atomic E-state index is -0.150. The second-order valence-corrected chi connectivity index (χ2v) is 4.96. The van der Waals surface area contributed by atoms with Crippen LogP contribution in [-0.2, 0) is 6.54 Å². The number of benzene rings is 1.